The first-order valence-electron chi connectivity index (χ1n) is 10.6. The van der Waals surface area contributed by atoms with Gasteiger partial charge in [0.15, 0.2) is 0 Å². The molecule has 0 radical (unpaired) electrons. The highest BCUT2D eigenvalue weighted by Crippen LogP contribution is 2.50. The predicted octanol–water partition coefficient (Wildman–Crippen LogP) is 6.34. The van der Waals surface area contributed by atoms with Crippen LogP contribution < -0.4 is 5.32 Å². The van der Waals surface area contributed by atoms with Crippen LogP contribution in [0.5, 0.6) is 0 Å². The molecular weight excluding hydrogens is 422 g/mol. The Morgan fingerprint density at radius 1 is 1.06 bits per heavy atom. The molecule has 2 aliphatic rings. The van der Waals surface area contributed by atoms with Crippen LogP contribution in [0.2, 0.25) is 0 Å². The minimum Gasteiger partial charge on any atom is -0.315 e. The molecule has 4 nitrogen and oxygen atoms in total. The Bertz CT molecular complexity index is 1170. The number of hydrogen-bond acceptors (Lipinski definition) is 2. The lowest BCUT2D eigenvalue weighted by Crippen LogP contribution is -2.30. The van der Waals surface area contributed by atoms with Crippen molar-refractivity contribution in [3.63, 3.8) is 0 Å². The number of benzene rings is 2. The summed E-state index contributed by atoms with van der Waals surface area (Å²) in [7, 11) is 0. The van der Waals surface area contributed by atoms with Crippen molar-refractivity contribution in [2.75, 3.05) is 11.9 Å². The summed E-state index contributed by atoms with van der Waals surface area (Å²) in [5.41, 5.74) is 1.25. The number of halogens is 4. The number of carbonyl (C=O) groups excluding carboxylic acids is 1. The van der Waals surface area contributed by atoms with Crippen molar-refractivity contribution < 1.29 is 22.4 Å². The van der Waals surface area contributed by atoms with Crippen LogP contribution in [0.1, 0.15) is 42.7 Å². The Morgan fingerprint density at radius 3 is 2.47 bits per heavy atom. The molecule has 2 aromatic carbocycles. The van der Waals surface area contributed by atoms with E-state index in [0.717, 1.165) is 54.3 Å². The van der Waals surface area contributed by atoms with Crippen molar-refractivity contribution in [2.24, 2.45) is 0 Å². The second-order valence-electron chi connectivity index (χ2n) is 8.65. The number of rotatable bonds is 2. The number of nitrogens with zero attached hydrogens (tertiary/aromatic N) is 2. The Morgan fingerprint density at radius 2 is 1.78 bits per heavy atom. The third-order valence-electron chi connectivity index (χ3n) is 6.72. The number of aromatic nitrogens is 1. The highest BCUT2D eigenvalue weighted by molar-refractivity contribution is 5.92. The van der Waals surface area contributed by atoms with Crippen molar-refractivity contribution in [3.8, 4) is 0 Å². The van der Waals surface area contributed by atoms with Crippen LogP contribution in [0.25, 0.3) is 10.9 Å². The number of carbonyl (C=O) groups is 1. The Labute approximate surface area is 182 Å². The highest BCUT2D eigenvalue weighted by atomic mass is 19.4. The van der Waals surface area contributed by atoms with Gasteiger partial charge in [-0.15, -0.1) is 0 Å². The van der Waals surface area contributed by atoms with Gasteiger partial charge in [0, 0.05) is 23.8 Å². The van der Waals surface area contributed by atoms with Gasteiger partial charge in [0.25, 0.3) is 0 Å². The second kappa shape index (κ2) is 7.46. The van der Waals surface area contributed by atoms with Crippen LogP contribution in [-0.2, 0) is 6.18 Å². The molecule has 0 bridgehead atoms. The second-order valence-corrected chi connectivity index (χ2v) is 8.65. The van der Waals surface area contributed by atoms with Crippen molar-refractivity contribution in [3.05, 3.63) is 71.7 Å². The molecule has 1 N–H and O–H groups in total. The summed E-state index contributed by atoms with van der Waals surface area (Å²) in [5, 5.41) is 3.53. The van der Waals surface area contributed by atoms with Gasteiger partial charge in [0.2, 0.25) is 0 Å². The summed E-state index contributed by atoms with van der Waals surface area (Å²) in [4.78, 5) is 18.7. The fourth-order valence-corrected chi connectivity index (χ4v) is 4.87. The third kappa shape index (κ3) is 3.78. The third-order valence-corrected chi connectivity index (χ3v) is 6.72. The van der Waals surface area contributed by atoms with E-state index in [1.54, 1.807) is 17.2 Å². The fourth-order valence-electron chi connectivity index (χ4n) is 4.87. The van der Waals surface area contributed by atoms with Crippen molar-refractivity contribution >= 4 is 22.6 Å². The van der Waals surface area contributed by atoms with E-state index in [2.05, 4.69) is 10.3 Å². The molecule has 1 aliphatic carbocycles. The summed E-state index contributed by atoms with van der Waals surface area (Å²) in [5.74, 6) is -0.0133. The molecule has 2 heterocycles. The SMILES string of the molecule is O=C(Nc1ccc(C(F)(F)F)cc1)N1CC12CCC(c1ccnc3ccc(F)cc13)CC2. The fraction of sp³-hybridized carbons (Fsp3) is 0.333. The molecule has 8 heteroatoms. The predicted molar refractivity (Wildman–Crippen MR) is 113 cm³/mol. The summed E-state index contributed by atoms with van der Waals surface area (Å²) in [6.07, 6.45) is 0.756. The molecule has 0 atom stereocenters. The number of hydrogen-bond donors (Lipinski definition) is 1. The van der Waals surface area contributed by atoms with Gasteiger partial charge >= 0.3 is 12.2 Å². The number of anilines is 1. The number of urea groups is 1. The Hall–Kier alpha value is -3.16. The van der Waals surface area contributed by atoms with Crippen LogP contribution >= 0.6 is 0 Å². The van der Waals surface area contributed by atoms with Gasteiger partial charge in [0.1, 0.15) is 5.82 Å². The number of nitrogens with one attached hydrogen (secondary N) is 1. The van der Waals surface area contributed by atoms with Gasteiger partial charge in [-0.05, 0) is 85.7 Å². The molecule has 32 heavy (non-hydrogen) atoms. The molecule has 1 aromatic heterocycles. The standard InChI is InChI=1S/C24H21F4N3O/c25-17-3-6-21-20(13-17)19(9-12-29-21)15-7-10-23(11-8-15)14-31(23)22(32)30-18-4-1-16(2-5-18)24(26,27)28/h1-6,9,12-13,15H,7-8,10-11,14H2,(H,30,32). The first kappa shape index (κ1) is 20.7. The van der Waals surface area contributed by atoms with Crippen LogP contribution in [0.3, 0.4) is 0 Å². The van der Waals surface area contributed by atoms with E-state index >= 15 is 0 Å². The molecule has 3 aromatic rings. The normalized spacial score (nSPS) is 22.9. The number of alkyl halides is 3. The lowest BCUT2D eigenvalue weighted by Gasteiger charge is -2.30. The maximum absolute atomic E-state index is 13.8. The highest BCUT2D eigenvalue weighted by Gasteiger charge is 2.56. The maximum Gasteiger partial charge on any atom is 0.416 e. The average molecular weight is 443 g/mol. The maximum atomic E-state index is 13.8. The van der Waals surface area contributed by atoms with E-state index in [9.17, 15) is 22.4 Å². The molecule has 2 fully saturated rings. The Balaban J connectivity index is 1.23. The number of fused-ring (bicyclic) bond motifs is 1. The first-order chi connectivity index (χ1) is 15.2. The van der Waals surface area contributed by atoms with E-state index in [0.29, 0.717) is 12.2 Å². The first-order valence-corrected chi connectivity index (χ1v) is 10.6. The van der Waals surface area contributed by atoms with Gasteiger partial charge in [-0.2, -0.15) is 13.2 Å². The number of pyridine rings is 1. The van der Waals surface area contributed by atoms with Gasteiger partial charge in [-0.25, -0.2) is 9.18 Å². The minimum absolute atomic E-state index is 0.194. The molecule has 166 valence electrons. The summed E-state index contributed by atoms with van der Waals surface area (Å²) >= 11 is 0. The van der Waals surface area contributed by atoms with Crippen LogP contribution in [0.15, 0.2) is 54.7 Å². The zero-order chi connectivity index (χ0) is 22.5. The average Bonchev–Trinajstić information content (AvgIpc) is 3.47. The lowest BCUT2D eigenvalue weighted by molar-refractivity contribution is -0.137. The van der Waals surface area contributed by atoms with E-state index in [1.165, 1.54) is 24.3 Å². The van der Waals surface area contributed by atoms with Crippen molar-refractivity contribution in [1.82, 2.24) is 9.88 Å². The summed E-state index contributed by atoms with van der Waals surface area (Å²) < 4.78 is 51.9. The van der Waals surface area contributed by atoms with E-state index < -0.39 is 11.7 Å². The molecule has 0 unspecified atom stereocenters. The molecule has 1 aliphatic heterocycles. The van der Waals surface area contributed by atoms with Gasteiger partial charge < -0.3 is 10.2 Å². The topological polar surface area (TPSA) is 45.0 Å². The molecule has 5 rings (SSSR count). The van der Waals surface area contributed by atoms with Crippen molar-refractivity contribution in [1.29, 1.82) is 0 Å². The Kier molecular flexibility index (Phi) is 4.83. The smallest absolute Gasteiger partial charge is 0.315 e. The molecular formula is C24H21F4N3O. The molecule has 1 spiro atoms. The van der Waals surface area contributed by atoms with Crippen LogP contribution in [0, 0.1) is 5.82 Å². The minimum atomic E-state index is -4.41. The summed E-state index contributed by atoms with van der Waals surface area (Å²) in [6.45, 7) is 0.637. The quantitative estimate of drug-likeness (QED) is 0.371. The lowest BCUT2D eigenvalue weighted by atomic mass is 9.77. The van der Waals surface area contributed by atoms with E-state index in [4.69, 9.17) is 0 Å². The molecule has 2 amide bonds. The van der Waals surface area contributed by atoms with Crippen LogP contribution in [-0.4, -0.2) is 28.0 Å². The zero-order valence-corrected chi connectivity index (χ0v) is 17.1. The zero-order valence-electron chi connectivity index (χ0n) is 17.1. The van der Waals surface area contributed by atoms with Crippen molar-refractivity contribution in [2.45, 2.75) is 43.3 Å². The van der Waals surface area contributed by atoms with E-state index in [1.807, 2.05) is 6.07 Å². The monoisotopic (exact) mass is 443 g/mol. The molecule has 1 saturated heterocycles. The number of amides is 2. The van der Waals surface area contributed by atoms with Gasteiger partial charge in [-0.1, -0.05) is 0 Å². The summed E-state index contributed by atoms with van der Waals surface area (Å²) in [6, 6.07) is 10.7. The van der Waals surface area contributed by atoms with E-state index in [-0.39, 0.29) is 23.3 Å². The van der Waals surface area contributed by atoms with Gasteiger partial charge in [-0.3, -0.25) is 4.98 Å². The molecule has 1 saturated carbocycles. The largest absolute Gasteiger partial charge is 0.416 e. The van der Waals surface area contributed by atoms with Crippen LogP contribution in [0.4, 0.5) is 28.0 Å². The van der Waals surface area contributed by atoms with Gasteiger partial charge in [0.05, 0.1) is 16.6 Å².